The third-order valence-corrected chi connectivity index (χ3v) is 4.80. The van der Waals surface area contributed by atoms with E-state index in [1.807, 2.05) is 36.4 Å². The molecule has 1 aromatic carbocycles. The average molecular weight is 373 g/mol. The van der Waals surface area contributed by atoms with E-state index in [1.165, 1.54) is 4.90 Å². The fourth-order valence-electron chi connectivity index (χ4n) is 2.29. The number of carbonyl (C=O) groups excluding carboxylic acids is 2. The monoisotopic (exact) mass is 373 g/mol. The van der Waals surface area contributed by atoms with Crippen molar-refractivity contribution < 1.29 is 18.7 Å². The van der Waals surface area contributed by atoms with Gasteiger partial charge in [0.15, 0.2) is 0 Å². The van der Waals surface area contributed by atoms with Gasteiger partial charge < -0.3 is 9.15 Å². The van der Waals surface area contributed by atoms with Crippen molar-refractivity contribution in [2.24, 2.45) is 0 Å². The quantitative estimate of drug-likeness (QED) is 0.452. The highest BCUT2D eigenvalue weighted by Crippen LogP contribution is 2.33. The number of ether oxygens (including phenoxy) is 1. The van der Waals surface area contributed by atoms with Gasteiger partial charge in [-0.15, -0.1) is 0 Å². The minimum atomic E-state index is -0.482. The van der Waals surface area contributed by atoms with E-state index in [-0.39, 0.29) is 19.1 Å². The van der Waals surface area contributed by atoms with Crippen LogP contribution in [0.4, 0.5) is 0 Å². The first-order valence-electron chi connectivity index (χ1n) is 7.64. The lowest BCUT2D eigenvalue weighted by atomic mass is 10.2. The van der Waals surface area contributed by atoms with Gasteiger partial charge in [-0.25, -0.2) is 0 Å². The van der Waals surface area contributed by atoms with Crippen LogP contribution < -0.4 is 0 Å². The molecule has 0 atom stereocenters. The fourth-order valence-corrected chi connectivity index (χ4v) is 3.52. The van der Waals surface area contributed by atoms with E-state index in [0.717, 1.165) is 17.3 Å². The summed E-state index contributed by atoms with van der Waals surface area (Å²) in [5, 5.41) is 0. The van der Waals surface area contributed by atoms with Crippen molar-refractivity contribution in [3.8, 4) is 11.3 Å². The maximum absolute atomic E-state index is 12.4. The van der Waals surface area contributed by atoms with Crippen molar-refractivity contribution in [1.82, 2.24) is 4.90 Å². The largest absolute Gasteiger partial charge is 0.465 e. The minimum absolute atomic E-state index is 0.177. The highest BCUT2D eigenvalue weighted by molar-refractivity contribution is 8.26. The number of thiocarbonyl (C=S) groups is 1. The molecule has 2 heterocycles. The SMILES string of the molecule is CCOC(=O)CN1C(=O)/C(=C\c2ccc(-c3ccccc3)o2)SC1=S. The molecule has 1 fully saturated rings. The van der Waals surface area contributed by atoms with Gasteiger partial charge in [0.05, 0.1) is 11.5 Å². The minimum Gasteiger partial charge on any atom is -0.465 e. The fraction of sp³-hybridized carbons (Fsp3) is 0.167. The number of benzene rings is 1. The predicted octanol–water partition coefficient (Wildman–Crippen LogP) is 3.71. The number of furan rings is 1. The standard InChI is InChI=1S/C18H15NO4S2/c1-2-22-16(20)11-19-17(21)15(25-18(19)24)10-13-8-9-14(23-13)12-6-4-3-5-7-12/h3-10H,2,11H2,1H3/b15-10+. The Morgan fingerprint density at radius 1 is 1.28 bits per heavy atom. The number of hydrogen-bond donors (Lipinski definition) is 0. The summed E-state index contributed by atoms with van der Waals surface area (Å²) >= 11 is 6.33. The van der Waals surface area contributed by atoms with Crippen molar-refractivity contribution in [2.75, 3.05) is 13.2 Å². The third kappa shape index (κ3) is 4.00. The molecule has 0 saturated carbocycles. The zero-order valence-electron chi connectivity index (χ0n) is 13.4. The predicted molar refractivity (Wildman–Crippen MR) is 101 cm³/mol. The summed E-state index contributed by atoms with van der Waals surface area (Å²) in [7, 11) is 0. The van der Waals surface area contributed by atoms with Crippen LogP contribution >= 0.6 is 24.0 Å². The Balaban J connectivity index is 1.76. The Kier molecular flexibility index (Phi) is 5.35. The van der Waals surface area contributed by atoms with Gasteiger partial charge in [0, 0.05) is 11.6 Å². The molecule has 0 bridgehead atoms. The van der Waals surface area contributed by atoms with Gasteiger partial charge in [-0.3, -0.25) is 14.5 Å². The molecule has 0 unspecified atom stereocenters. The second kappa shape index (κ2) is 7.67. The molecule has 1 aromatic heterocycles. The van der Waals surface area contributed by atoms with Gasteiger partial charge in [-0.05, 0) is 19.1 Å². The van der Waals surface area contributed by atoms with Crippen molar-refractivity contribution in [2.45, 2.75) is 6.92 Å². The molecule has 5 nitrogen and oxygen atoms in total. The van der Waals surface area contributed by atoms with Crippen LogP contribution in [-0.4, -0.2) is 34.2 Å². The summed E-state index contributed by atoms with van der Waals surface area (Å²) in [5.74, 6) is 0.467. The normalized spacial score (nSPS) is 15.9. The number of carbonyl (C=O) groups is 2. The van der Waals surface area contributed by atoms with E-state index in [1.54, 1.807) is 19.1 Å². The van der Waals surface area contributed by atoms with Crippen LogP contribution in [0.15, 0.2) is 51.8 Å². The van der Waals surface area contributed by atoms with E-state index >= 15 is 0 Å². The number of amides is 1. The van der Waals surface area contributed by atoms with Crippen molar-refractivity contribution in [3.63, 3.8) is 0 Å². The van der Waals surface area contributed by atoms with Crippen LogP contribution in [0.3, 0.4) is 0 Å². The first-order chi connectivity index (χ1) is 12.1. The summed E-state index contributed by atoms with van der Waals surface area (Å²) in [4.78, 5) is 25.7. The van der Waals surface area contributed by atoms with Crippen LogP contribution in [0.2, 0.25) is 0 Å². The number of nitrogens with zero attached hydrogens (tertiary/aromatic N) is 1. The van der Waals surface area contributed by atoms with E-state index in [2.05, 4.69) is 0 Å². The van der Waals surface area contributed by atoms with Crippen LogP contribution in [0.1, 0.15) is 12.7 Å². The summed E-state index contributed by atoms with van der Waals surface area (Å²) in [6.07, 6.45) is 1.64. The third-order valence-electron chi connectivity index (χ3n) is 3.42. The first kappa shape index (κ1) is 17.4. The lowest BCUT2D eigenvalue weighted by molar-refractivity contribution is -0.145. The zero-order chi connectivity index (χ0) is 17.8. The molecule has 3 rings (SSSR count). The molecule has 0 radical (unpaired) electrons. The molecule has 0 spiro atoms. The Labute approximate surface area is 154 Å². The maximum atomic E-state index is 12.4. The Morgan fingerprint density at radius 3 is 2.76 bits per heavy atom. The molecule has 1 saturated heterocycles. The lowest BCUT2D eigenvalue weighted by Gasteiger charge is -2.12. The Hall–Kier alpha value is -2.38. The van der Waals surface area contributed by atoms with Gasteiger partial charge in [0.1, 0.15) is 22.4 Å². The average Bonchev–Trinajstić information content (AvgIpc) is 3.17. The second-order valence-electron chi connectivity index (χ2n) is 5.14. The number of thioether (sulfide) groups is 1. The van der Waals surface area contributed by atoms with Crippen LogP contribution in [0.25, 0.3) is 17.4 Å². The van der Waals surface area contributed by atoms with Gasteiger partial charge in [0.25, 0.3) is 5.91 Å². The van der Waals surface area contributed by atoms with Crippen molar-refractivity contribution in [3.05, 3.63) is 53.1 Å². The van der Waals surface area contributed by atoms with Gasteiger partial charge in [-0.1, -0.05) is 54.3 Å². The number of hydrogen-bond acceptors (Lipinski definition) is 6. The van der Waals surface area contributed by atoms with Crippen LogP contribution in [0, 0.1) is 0 Å². The van der Waals surface area contributed by atoms with Gasteiger partial charge in [0.2, 0.25) is 0 Å². The van der Waals surface area contributed by atoms with E-state index in [4.69, 9.17) is 21.4 Å². The molecule has 0 aliphatic carbocycles. The first-order valence-corrected chi connectivity index (χ1v) is 8.87. The van der Waals surface area contributed by atoms with Gasteiger partial charge in [-0.2, -0.15) is 0 Å². The van der Waals surface area contributed by atoms with Crippen molar-refractivity contribution >= 4 is 46.3 Å². The molecule has 1 aliphatic rings. The zero-order valence-corrected chi connectivity index (χ0v) is 15.1. The van der Waals surface area contributed by atoms with E-state index in [0.29, 0.717) is 20.7 Å². The van der Waals surface area contributed by atoms with Gasteiger partial charge >= 0.3 is 5.97 Å². The van der Waals surface area contributed by atoms with E-state index in [9.17, 15) is 9.59 Å². The van der Waals surface area contributed by atoms with Crippen LogP contribution in [0.5, 0.6) is 0 Å². The maximum Gasteiger partial charge on any atom is 0.326 e. The Morgan fingerprint density at radius 2 is 2.04 bits per heavy atom. The van der Waals surface area contributed by atoms with Crippen LogP contribution in [-0.2, 0) is 14.3 Å². The lowest BCUT2D eigenvalue weighted by Crippen LogP contribution is -2.34. The molecule has 2 aromatic rings. The summed E-state index contributed by atoms with van der Waals surface area (Å²) in [6.45, 7) is 1.80. The molecule has 7 heteroatoms. The molecule has 0 N–H and O–H groups in total. The smallest absolute Gasteiger partial charge is 0.326 e. The topological polar surface area (TPSA) is 59.8 Å². The summed E-state index contributed by atoms with van der Waals surface area (Å²) in [6, 6.07) is 13.3. The molecule has 25 heavy (non-hydrogen) atoms. The molecular formula is C18H15NO4S2. The number of esters is 1. The second-order valence-corrected chi connectivity index (χ2v) is 6.82. The highest BCUT2D eigenvalue weighted by Gasteiger charge is 2.34. The summed E-state index contributed by atoms with van der Waals surface area (Å²) in [5.41, 5.74) is 0.956. The molecular weight excluding hydrogens is 358 g/mol. The van der Waals surface area contributed by atoms with Crippen molar-refractivity contribution in [1.29, 1.82) is 0 Å². The molecule has 128 valence electrons. The van der Waals surface area contributed by atoms with E-state index < -0.39 is 5.97 Å². The highest BCUT2D eigenvalue weighted by atomic mass is 32.2. The summed E-state index contributed by atoms with van der Waals surface area (Å²) < 4.78 is 11.0. The number of rotatable bonds is 5. The molecule has 1 amide bonds. The Bertz CT molecular complexity index is 842. The molecule has 1 aliphatic heterocycles.